The summed E-state index contributed by atoms with van der Waals surface area (Å²) >= 11 is 0. The lowest BCUT2D eigenvalue weighted by Crippen LogP contribution is -2.25. The van der Waals surface area contributed by atoms with E-state index < -0.39 is 11.2 Å². The Labute approximate surface area is 566 Å². The summed E-state index contributed by atoms with van der Waals surface area (Å²) in [6, 6.07) is 87.2. The van der Waals surface area contributed by atoms with Gasteiger partial charge in [-0.05, 0) is 254 Å². The zero-order valence-corrected chi connectivity index (χ0v) is 57.6. The lowest BCUT2D eigenvalue weighted by Gasteiger charge is -2.26. The van der Waals surface area contributed by atoms with Crippen LogP contribution in [-0.4, -0.2) is 17.9 Å². The van der Waals surface area contributed by atoms with Crippen molar-refractivity contribution in [2.24, 2.45) is 0 Å². The Kier molecular flexibility index (Phi) is 20.5. The molecule has 0 heterocycles. The summed E-state index contributed by atoms with van der Waals surface area (Å²) in [6.07, 6.45) is 2.91. The third-order valence-corrected chi connectivity index (χ3v) is 19.6. The molecular formula is C90H88O6. The Morgan fingerprint density at radius 2 is 0.688 bits per heavy atom. The van der Waals surface area contributed by atoms with Gasteiger partial charge in [0.1, 0.15) is 17.3 Å². The van der Waals surface area contributed by atoms with Gasteiger partial charge < -0.3 is 14.2 Å². The minimum atomic E-state index is -0.757. The highest BCUT2D eigenvalue weighted by atomic mass is 16.6. The van der Waals surface area contributed by atoms with E-state index in [4.69, 9.17) is 14.2 Å². The lowest BCUT2D eigenvalue weighted by molar-refractivity contribution is -0.00414. The quantitative estimate of drug-likeness (QED) is 0.0545. The van der Waals surface area contributed by atoms with Gasteiger partial charge in [-0.3, -0.25) is 0 Å². The van der Waals surface area contributed by atoms with Gasteiger partial charge in [0.25, 0.3) is 0 Å². The molecule has 6 nitrogen and oxygen atoms in total. The van der Waals surface area contributed by atoms with Crippen LogP contribution >= 0.6 is 0 Å². The summed E-state index contributed by atoms with van der Waals surface area (Å²) in [5.41, 5.74) is 10.6. The van der Waals surface area contributed by atoms with Crippen LogP contribution in [0.3, 0.4) is 0 Å². The van der Waals surface area contributed by atoms with Crippen LogP contribution in [0.1, 0.15) is 189 Å². The number of hydrogen-bond donors (Lipinski definition) is 0. The minimum absolute atomic E-state index is 0.284. The van der Waals surface area contributed by atoms with E-state index in [0.29, 0.717) is 34.4 Å². The first kappa shape index (κ1) is 67.3. The van der Waals surface area contributed by atoms with E-state index in [1.807, 2.05) is 113 Å². The second-order valence-electron chi connectivity index (χ2n) is 26.9. The Hall–Kier alpha value is -10.2. The van der Waals surface area contributed by atoms with Crippen LogP contribution in [0.5, 0.6) is 0 Å². The summed E-state index contributed by atoms with van der Waals surface area (Å²) < 4.78 is 17.7. The predicted molar refractivity (Wildman–Crippen MR) is 401 cm³/mol. The number of carbonyl (C=O) groups excluding carboxylic acids is 3. The Morgan fingerprint density at radius 1 is 0.323 bits per heavy atom. The van der Waals surface area contributed by atoms with Crippen LogP contribution in [-0.2, 0) is 25.4 Å². The van der Waals surface area contributed by atoms with E-state index in [1.54, 1.807) is 0 Å². The van der Waals surface area contributed by atoms with Crippen molar-refractivity contribution in [2.75, 3.05) is 0 Å². The van der Waals surface area contributed by atoms with Crippen molar-refractivity contribution in [1.29, 1.82) is 0 Å². The summed E-state index contributed by atoms with van der Waals surface area (Å²) in [7, 11) is 0. The van der Waals surface area contributed by atoms with Crippen LogP contribution in [0, 0.1) is 6.92 Å². The average molecular weight is 1270 g/mol. The molecule has 4 unspecified atom stereocenters. The van der Waals surface area contributed by atoms with Crippen LogP contribution in [0.25, 0.3) is 75.8 Å². The molecule has 0 spiro atoms. The lowest BCUT2D eigenvalue weighted by atomic mass is 9.92. The molecule has 0 fully saturated rings. The molecule has 0 aromatic heterocycles. The van der Waals surface area contributed by atoms with Crippen LogP contribution in [0.4, 0.5) is 0 Å². The van der Waals surface area contributed by atoms with Crippen LogP contribution in [0.15, 0.2) is 255 Å². The van der Waals surface area contributed by atoms with Gasteiger partial charge in [-0.25, -0.2) is 14.4 Å². The monoisotopic (exact) mass is 1260 g/mol. The average Bonchev–Trinajstić information content (AvgIpc) is 0.793. The van der Waals surface area contributed by atoms with Gasteiger partial charge >= 0.3 is 17.9 Å². The standard InChI is InChI=1S/C34H32O2.2C28H28O2/c1-5-23(2)24-11-13-26(14-12-24)33(35)36-34(3,4)30-18-20-32-29(22-30)16-15-28-21-27(17-19-31(28)32)25-9-7-6-8-10-25;1-5-19(2)20-10-13-22(14-11-20)27(29)30-28(3,4)24-16-17-26-23(18-24)15-12-21-8-6-7-9-25(21)26;1-5-18(2)21-10-12-22(13-11-21)28(29)30-20(4)23-14-15-26-25-9-7-6-8-24(25)16-19(3)27(26)17-23/h6-23H,5H2,1-4H3;6-19H,5H2,1-4H3;6-18,20H,5H2,1-4H3. The van der Waals surface area contributed by atoms with Crippen molar-refractivity contribution >= 4 is 82.5 Å². The minimum Gasteiger partial charge on any atom is -0.454 e. The Balaban J connectivity index is 0.000000147. The van der Waals surface area contributed by atoms with Crippen LogP contribution in [0.2, 0.25) is 0 Å². The smallest absolute Gasteiger partial charge is 0.338 e. The summed E-state index contributed by atoms with van der Waals surface area (Å²) in [4.78, 5) is 38.4. The van der Waals surface area contributed by atoms with Crippen LogP contribution < -0.4 is 0 Å². The maximum absolute atomic E-state index is 12.9. The summed E-state index contributed by atoms with van der Waals surface area (Å²) in [5, 5.41) is 14.5. The second-order valence-corrected chi connectivity index (χ2v) is 26.9. The fraction of sp³-hybridized carbons (Fsp3) is 0.233. The highest BCUT2D eigenvalue weighted by Gasteiger charge is 2.29. The molecule has 0 saturated heterocycles. The molecule has 6 heteroatoms. The van der Waals surface area contributed by atoms with Gasteiger partial charge in [-0.15, -0.1) is 0 Å². The molecule has 0 radical (unpaired) electrons. The topological polar surface area (TPSA) is 78.9 Å². The molecule has 13 aromatic carbocycles. The molecule has 13 aromatic rings. The van der Waals surface area contributed by atoms with Gasteiger partial charge in [0, 0.05) is 0 Å². The number of esters is 3. The number of ether oxygens (including phenoxy) is 3. The van der Waals surface area contributed by atoms with Crippen molar-refractivity contribution in [3.63, 3.8) is 0 Å². The normalized spacial score (nSPS) is 12.9. The first-order chi connectivity index (χ1) is 46.2. The fourth-order valence-corrected chi connectivity index (χ4v) is 12.7. The zero-order valence-electron chi connectivity index (χ0n) is 57.6. The molecule has 96 heavy (non-hydrogen) atoms. The largest absolute Gasteiger partial charge is 0.454 e. The highest BCUT2D eigenvalue weighted by Crippen LogP contribution is 2.37. The molecule has 0 aliphatic rings. The number of benzene rings is 13. The predicted octanol–water partition coefficient (Wildman–Crippen LogP) is 24.6. The van der Waals surface area contributed by atoms with Gasteiger partial charge in [0.15, 0.2) is 0 Å². The summed E-state index contributed by atoms with van der Waals surface area (Å²) in [5.74, 6) is 0.571. The molecule has 0 bridgehead atoms. The number of carbonyl (C=O) groups is 3. The van der Waals surface area contributed by atoms with Gasteiger partial charge in [0.2, 0.25) is 0 Å². The molecule has 0 N–H and O–H groups in total. The first-order valence-corrected chi connectivity index (χ1v) is 34.1. The van der Waals surface area contributed by atoms with Crippen molar-refractivity contribution < 1.29 is 28.6 Å². The van der Waals surface area contributed by atoms with E-state index in [1.165, 1.54) is 87.2 Å². The van der Waals surface area contributed by atoms with Crippen molar-refractivity contribution in [3.05, 3.63) is 310 Å². The molecule has 0 amide bonds. The zero-order chi connectivity index (χ0) is 67.8. The summed E-state index contributed by atoms with van der Waals surface area (Å²) in [6.45, 7) is 25.0. The van der Waals surface area contributed by atoms with Crippen molar-refractivity contribution in [3.8, 4) is 11.1 Å². The van der Waals surface area contributed by atoms with Gasteiger partial charge in [-0.1, -0.05) is 236 Å². The molecule has 0 saturated carbocycles. The van der Waals surface area contributed by atoms with E-state index in [-0.39, 0.29) is 24.0 Å². The molecular weight excluding hydrogens is 1180 g/mol. The number of aryl methyl sites for hydroxylation is 1. The maximum atomic E-state index is 12.9. The molecule has 13 rings (SSSR count). The number of rotatable bonds is 16. The number of hydrogen-bond acceptors (Lipinski definition) is 6. The Morgan fingerprint density at radius 3 is 1.17 bits per heavy atom. The van der Waals surface area contributed by atoms with E-state index in [0.717, 1.165) is 46.7 Å². The fourth-order valence-electron chi connectivity index (χ4n) is 12.7. The molecule has 0 aliphatic carbocycles. The maximum Gasteiger partial charge on any atom is 0.338 e. The Bertz CT molecular complexity index is 4930. The molecule has 484 valence electrons. The highest BCUT2D eigenvalue weighted by molar-refractivity contribution is 6.11. The number of fused-ring (bicyclic) bond motifs is 9. The van der Waals surface area contributed by atoms with E-state index >= 15 is 0 Å². The third-order valence-electron chi connectivity index (χ3n) is 19.6. The third kappa shape index (κ3) is 15.0. The van der Waals surface area contributed by atoms with Crippen molar-refractivity contribution in [1.82, 2.24) is 0 Å². The second kappa shape index (κ2) is 29.2. The van der Waals surface area contributed by atoms with Crippen molar-refractivity contribution in [2.45, 2.75) is 137 Å². The molecule has 4 atom stereocenters. The first-order valence-electron chi connectivity index (χ1n) is 34.1. The van der Waals surface area contributed by atoms with E-state index in [9.17, 15) is 14.4 Å². The molecule has 0 aliphatic heterocycles. The van der Waals surface area contributed by atoms with Gasteiger partial charge in [-0.2, -0.15) is 0 Å². The van der Waals surface area contributed by atoms with Gasteiger partial charge in [0.05, 0.1) is 16.7 Å². The SMILES string of the molecule is CCC(C)c1ccc(C(=O)OC(C)(C)c2ccc3c(ccc4cc(-c5ccccc5)ccc43)c2)cc1.CCC(C)c1ccc(C(=O)OC(C)(C)c2ccc3c(ccc4ccccc43)c2)cc1.CCC(C)c1ccc(C(=O)OC(C)c2ccc3c(c2)c(C)cc2ccccc23)cc1. The van der Waals surface area contributed by atoms with E-state index in [2.05, 4.69) is 224 Å².